The number of nitrogens with one attached hydrogen (secondary N) is 4. The van der Waals surface area contributed by atoms with Gasteiger partial charge in [-0.15, -0.1) is 6.58 Å². The minimum Gasteiger partial charge on any atom is -0.453 e. The predicted octanol–water partition coefficient (Wildman–Crippen LogP) is 6.25. The lowest BCUT2D eigenvalue weighted by Crippen LogP contribution is -2.51. The third-order valence-electron chi connectivity index (χ3n) is 11.3. The van der Waals surface area contributed by atoms with Crippen LogP contribution in [0.4, 0.5) is 9.59 Å². The van der Waals surface area contributed by atoms with Gasteiger partial charge in [0.15, 0.2) is 0 Å². The molecule has 14 nitrogen and oxygen atoms in total. The Balaban J connectivity index is 1.04. The number of rotatable bonds is 12. The number of H-pyrrole nitrogens is 2. The molecule has 1 saturated carbocycles. The number of benzene rings is 1. The third-order valence-corrected chi connectivity index (χ3v) is 11.3. The average Bonchev–Trinajstić information content (AvgIpc) is 4.03. The van der Waals surface area contributed by atoms with Crippen molar-refractivity contribution in [2.24, 2.45) is 5.92 Å². The van der Waals surface area contributed by atoms with E-state index in [-0.39, 0.29) is 29.8 Å². The zero-order valence-electron chi connectivity index (χ0n) is 31.8. The molecule has 1 aromatic carbocycles. The van der Waals surface area contributed by atoms with Crippen LogP contribution in [-0.4, -0.2) is 93.1 Å². The number of aromatic nitrogens is 4. The molecule has 0 radical (unpaired) electrons. The van der Waals surface area contributed by atoms with Gasteiger partial charge in [-0.2, -0.15) is 0 Å². The number of alkyl carbamates (subject to hydrolysis) is 2. The molecule has 4 atom stereocenters. The average molecular weight is 743 g/mol. The number of aromatic amines is 2. The fourth-order valence-corrected chi connectivity index (χ4v) is 8.35. The van der Waals surface area contributed by atoms with Gasteiger partial charge in [0.05, 0.1) is 38.2 Å². The van der Waals surface area contributed by atoms with Gasteiger partial charge in [0.25, 0.3) is 0 Å². The fourth-order valence-electron chi connectivity index (χ4n) is 8.35. The molecule has 0 unspecified atom stereocenters. The van der Waals surface area contributed by atoms with Crippen molar-refractivity contribution in [3.8, 4) is 11.3 Å². The molecule has 4 N–H and O–H groups in total. The van der Waals surface area contributed by atoms with E-state index in [2.05, 4.69) is 51.4 Å². The predicted molar refractivity (Wildman–Crippen MR) is 202 cm³/mol. The summed E-state index contributed by atoms with van der Waals surface area (Å²) in [5.74, 6) is 2.02. The van der Waals surface area contributed by atoms with Crippen molar-refractivity contribution in [2.75, 3.05) is 27.3 Å². The lowest BCUT2D eigenvalue weighted by atomic mass is 9.77. The van der Waals surface area contributed by atoms with Gasteiger partial charge in [0, 0.05) is 30.9 Å². The highest BCUT2D eigenvalue weighted by Crippen LogP contribution is 2.41. The van der Waals surface area contributed by atoms with Crippen LogP contribution in [0.15, 0.2) is 49.3 Å². The number of carbonyl (C=O) groups is 4. The van der Waals surface area contributed by atoms with Crippen molar-refractivity contribution in [1.82, 2.24) is 40.4 Å². The second kappa shape index (κ2) is 17.3. The van der Waals surface area contributed by atoms with Crippen LogP contribution in [0.2, 0.25) is 0 Å². The quantitative estimate of drug-likeness (QED) is 0.158. The molecule has 3 aromatic rings. The molecule has 0 bridgehead atoms. The summed E-state index contributed by atoms with van der Waals surface area (Å²) >= 11 is 0. The summed E-state index contributed by atoms with van der Waals surface area (Å²) < 4.78 is 9.49. The zero-order valence-corrected chi connectivity index (χ0v) is 31.8. The van der Waals surface area contributed by atoms with Gasteiger partial charge in [-0.25, -0.2) is 19.6 Å². The third kappa shape index (κ3) is 8.47. The zero-order chi connectivity index (χ0) is 38.4. The van der Waals surface area contributed by atoms with Crippen LogP contribution in [0.25, 0.3) is 11.3 Å². The number of carbonyl (C=O) groups excluding carboxylic acids is 4. The maximum atomic E-state index is 13.5. The van der Waals surface area contributed by atoms with Crippen molar-refractivity contribution in [3.05, 3.63) is 72.2 Å². The molecule has 1 aliphatic carbocycles. The fraction of sp³-hybridized carbons (Fsp3) is 0.550. The summed E-state index contributed by atoms with van der Waals surface area (Å²) in [5.41, 5.74) is 4.38. The lowest BCUT2D eigenvalue weighted by molar-refractivity contribution is -0.135. The van der Waals surface area contributed by atoms with E-state index in [1.807, 2.05) is 36.0 Å². The highest BCUT2D eigenvalue weighted by molar-refractivity contribution is 5.87. The number of imidazole rings is 2. The molecule has 2 aromatic heterocycles. The number of hydrogen-bond donors (Lipinski definition) is 4. The summed E-state index contributed by atoms with van der Waals surface area (Å²) in [7, 11) is 2.58. The SMILES string of the molecule is C=CC[C@H](NC(=O)OC)C(=O)N1CCC[C@H]1c1ncc(C2CCC(c3ccc(-c4cnc([C@@H]5CCCN5C(=O)[C@@H](NC(=O)OC)C(C)C)[nH]4)cc3)CC2)[nH]1. The standard InChI is InChI=1S/C40H54N8O6/c1-6-9-29(45-39(51)53-4)37(49)47-20-7-10-32(47)35-41-22-30(43-35)27-16-12-25(13-17-27)26-14-18-28(19-15-26)31-23-42-36(44-31)33-11-8-21-48(33)38(50)34(24(2)3)46-40(52)54-5/h6,14-15,18-19,22-25,27,29,32-34H,1,7-13,16-17,20-21H2,2-5H3,(H,41,43)(H,42,44)(H,45,51)(H,46,52)/t25?,27?,29-,32-,33-,34-/m0/s1. The maximum Gasteiger partial charge on any atom is 0.407 e. The molecular weight excluding hydrogens is 688 g/mol. The van der Waals surface area contributed by atoms with Crippen LogP contribution >= 0.6 is 0 Å². The van der Waals surface area contributed by atoms with E-state index >= 15 is 0 Å². The molecule has 3 fully saturated rings. The van der Waals surface area contributed by atoms with E-state index in [9.17, 15) is 19.2 Å². The largest absolute Gasteiger partial charge is 0.453 e. The summed E-state index contributed by atoms with van der Waals surface area (Å²) in [5, 5.41) is 5.35. The van der Waals surface area contributed by atoms with Gasteiger partial charge in [0.1, 0.15) is 23.7 Å². The summed E-state index contributed by atoms with van der Waals surface area (Å²) in [6, 6.07) is 6.96. The molecule has 54 heavy (non-hydrogen) atoms. The Morgan fingerprint density at radius 2 is 1.39 bits per heavy atom. The van der Waals surface area contributed by atoms with Crippen LogP contribution in [0.1, 0.15) is 118 Å². The molecule has 2 saturated heterocycles. The molecule has 4 heterocycles. The van der Waals surface area contributed by atoms with Crippen molar-refractivity contribution in [3.63, 3.8) is 0 Å². The Bertz CT molecular complexity index is 1780. The number of methoxy groups -OCH3 is 2. The van der Waals surface area contributed by atoms with Gasteiger partial charge in [-0.1, -0.05) is 44.2 Å². The van der Waals surface area contributed by atoms with Crippen molar-refractivity contribution < 1.29 is 28.7 Å². The first-order chi connectivity index (χ1) is 26.1. The van der Waals surface area contributed by atoms with E-state index < -0.39 is 24.3 Å². The Hall–Kier alpha value is -5.14. The first-order valence-electron chi connectivity index (χ1n) is 19.2. The Labute approximate surface area is 316 Å². The lowest BCUT2D eigenvalue weighted by Gasteiger charge is -2.30. The number of nitrogens with zero attached hydrogens (tertiary/aromatic N) is 4. The van der Waals surface area contributed by atoms with Crippen LogP contribution in [0.5, 0.6) is 0 Å². The Kier molecular flexibility index (Phi) is 12.4. The summed E-state index contributed by atoms with van der Waals surface area (Å²) in [4.78, 5) is 70.9. The molecule has 6 rings (SSSR count). The minimum absolute atomic E-state index is 0.0930. The van der Waals surface area contributed by atoms with Crippen molar-refractivity contribution in [2.45, 2.75) is 108 Å². The van der Waals surface area contributed by atoms with E-state index in [1.165, 1.54) is 19.8 Å². The van der Waals surface area contributed by atoms with Gasteiger partial charge in [-0.3, -0.25) is 9.59 Å². The van der Waals surface area contributed by atoms with E-state index in [0.29, 0.717) is 31.3 Å². The van der Waals surface area contributed by atoms with E-state index in [0.717, 1.165) is 80.0 Å². The normalized spacial score (nSPS) is 22.5. The van der Waals surface area contributed by atoms with Gasteiger partial charge < -0.3 is 39.9 Å². The van der Waals surface area contributed by atoms with Gasteiger partial charge >= 0.3 is 12.2 Å². The molecule has 3 aliphatic rings. The highest BCUT2D eigenvalue weighted by atomic mass is 16.5. The first-order valence-corrected chi connectivity index (χ1v) is 19.2. The highest BCUT2D eigenvalue weighted by Gasteiger charge is 2.38. The van der Waals surface area contributed by atoms with Crippen molar-refractivity contribution >= 4 is 24.0 Å². The number of likely N-dealkylation sites (tertiary alicyclic amines) is 2. The second-order valence-electron chi connectivity index (χ2n) is 15.0. The number of amides is 4. The van der Waals surface area contributed by atoms with Crippen LogP contribution in [0, 0.1) is 5.92 Å². The number of ether oxygens (including phenoxy) is 2. The monoisotopic (exact) mass is 742 g/mol. The molecule has 14 heteroatoms. The first kappa shape index (κ1) is 38.6. The molecule has 2 aliphatic heterocycles. The van der Waals surface area contributed by atoms with E-state index in [4.69, 9.17) is 19.4 Å². The maximum absolute atomic E-state index is 13.5. The Morgan fingerprint density at radius 1 is 0.815 bits per heavy atom. The van der Waals surface area contributed by atoms with E-state index in [1.54, 1.807) is 6.08 Å². The molecule has 0 spiro atoms. The van der Waals surface area contributed by atoms with Crippen LogP contribution in [-0.2, 0) is 19.1 Å². The Morgan fingerprint density at radius 3 is 2.00 bits per heavy atom. The second-order valence-corrected chi connectivity index (χ2v) is 15.0. The number of hydrogen-bond acceptors (Lipinski definition) is 8. The minimum atomic E-state index is -0.728. The molecular formula is C40H54N8O6. The summed E-state index contributed by atoms with van der Waals surface area (Å²) in [6.45, 7) is 8.78. The van der Waals surface area contributed by atoms with Gasteiger partial charge in [-0.05, 0) is 80.8 Å². The molecule has 4 amide bonds. The van der Waals surface area contributed by atoms with Crippen molar-refractivity contribution in [1.29, 1.82) is 0 Å². The summed E-state index contributed by atoms with van der Waals surface area (Å²) in [6.07, 6.45) is 12.0. The van der Waals surface area contributed by atoms with Crippen LogP contribution < -0.4 is 10.6 Å². The smallest absolute Gasteiger partial charge is 0.407 e. The van der Waals surface area contributed by atoms with Crippen LogP contribution in [0.3, 0.4) is 0 Å². The molecule has 290 valence electrons. The van der Waals surface area contributed by atoms with Gasteiger partial charge in [0.2, 0.25) is 11.8 Å². The topological polar surface area (TPSA) is 175 Å².